The second-order valence-corrected chi connectivity index (χ2v) is 12.9. The highest BCUT2D eigenvalue weighted by atomic mass is 32.2. The number of fused-ring (bicyclic) bond motifs is 3. The number of benzene rings is 3. The van der Waals surface area contributed by atoms with Gasteiger partial charge in [-0.3, -0.25) is 4.79 Å². The first-order valence-electron chi connectivity index (χ1n) is 12.9. The van der Waals surface area contributed by atoms with E-state index in [-0.39, 0.29) is 33.9 Å². The number of carbonyl (C=O) groups excluding carboxylic acids is 1. The van der Waals surface area contributed by atoms with Crippen molar-refractivity contribution in [1.82, 2.24) is 4.31 Å². The Bertz CT molecular complexity index is 1680. The molecule has 2 aliphatic rings. The number of halogens is 3. The van der Waals surface area contributed by atoms with Crippen LogP contribution in [-0.4, -0.2) is 62.1 Å². The molecule has 3 aromatic carbocycles. The van der Waals surface area contributed by atoms with Crippen molar-refractivity contribution in [2.75, 3.05) is 28.3 Å². The molecular formula is C29H29F3N2O8S. The van der Waals surface area contributed by atoms with Gasteiger partial charge in [-0.05, 0) is 23.3 Å². The van der Waals surface area contributed by atoms with Crippen molar-refractivity contribution in [3.05, 3.63) is 89.0 Å². The molecule has 1 heterocycles. The van der Waals surface area contributed by atoms with Crippen molar-refractivity contribution in [2.45, 2.75) is 28.2 Å². The number of nitrogens with zero attached hydrogens (tertiary/aromatic N) is 1. The fraction of sp³-hybridized carbons (Fsp3) is 0.345. The van der Waals surface area contributed by atoms with E-state index in [0.717, 1.165) is 38.4 Å². The van der Waals surface area contributed by atoms with Crippen molar-refractivity contribution < 1.29 is 50.8 Å². The van der Waals surface area contributed by atoms with Gasteiger partial charge < -0.3 is 30.2 Å². The lowest BCUT2D eigenvalue weighted by Gasteiger charge is -2.44. The Morgan fingerprint density at radius 2 is 1.60 bits per heavy atom. The highest BCUT2D eigenvalue weighted by Gasteiger charge is 2.88. The van der Waals surface area contributed by atoms with E-state index >= 15 is 0 Å². The summed E-state index contributed by atoms with van der Waals surface area (Å²) >= 11 is 0. The van der Waals surface area contributed by atoms with Gasteiger partial charge in [0, 0.05) is 32.1 Å². The number of nitrogens with two attached hydrogens (primary N) is 1. The lowest BCUT2D eigenvalue weighted by atomic mass is 9.70. The van der Waals surface area contributed by atoms with Crippen molar-refractivity contribution in [3.63, 3.8) is 0 Å². The van der Waals surface area contributed by atoms with E-state index in [0.29, 0.717) is 4.31 Å². The lowest BCUT2D eigenvalue weighted by Crippen LogP contribution is -2.65. The molecule has 5 atom stereocenters. The SMILES string of the molecule is COc1cc(OC)c2c(c1)OC1(c3ccc(C(F)(F)F)cc3)C(c3ccccc3)C(C(N)=O)C(O)(S(=O)(=O)N(C)C)C21O. The van der Waals surface area contributed by atoms with Crippen LogP contribution in [0.15, 0.2) is 66.7 Å². The van der Waals surface area contributed by atoms with Crippen molar-refractivity contribution >= 4 is 15.9 Å². The Kier molecular flexibility index (Phi) is 7.00. The van der Waals surface area contributed by atoms with Gasteiger partial charge >= 0.3 is 6.18 Å². The van der Waals surface area contributed by atoms with E-state index in [1.54, 1.807) is 18.2 Å². The van der Waals surface area contributed by atoms with E-state index in [1.165, 1.54) is 38.5 Å². The monoisotopic (exact) mass is 622 g/mol. The van der Waals surface area contributed by atoms with Crippen LogP contribution in [0.5, 0.6) is 17.2 Å². The molecule has 3 aromatic rings. The maximum absolute atomic E-state index is 14.2. The number of carbonyl (C=O) groups is 1. The van der Waals surface area contributed by atoms with E-state index < -0.39 is 55.6 Å². The van der Waals surface area contributed by atoms with E-state index in [9.17, 15) is 36.6 Å². The van der Waals surface area contributed by atoms with Crippen LogP contribution in [0, 0.1) is 5.92 Å². The zero-order valence-corrected chi connectivity index (χ0v) is 24.2. The summed E-state index contributed by atoms with van der Waals surface area (Å²) in [5, 5.41) is 25.8. The standard InChI is InChI=1S/C29H29F3N2O8S/c1-34(2)43(38,39)28(37)24(25(33)35)22(16-8-6-5-7-9-16)26(17-10-12-18(13-11-17)29(30,31)32)27(28,36)23-20(41-4)14-19(40-3)15-21(23)42-26/h5-15,22,24,36-37H,1-4H3,(H2,33,35). The number of amides is 1. The maximum Gasteiger partial charge on any atom is 0.416 e. The predicted octanol–water partition coefficient (Wildman–Crippen LogP) is 2.68. The summed E-state index contributed by atoms with van der Waals surface area (Å²) in [6.07, 6.45) is -4.73. The number of primary amides is 1. The van der Waals surface area contributed by atoms with Crippen LogP contribution < -0.4 is 19.9 Å². The average molecular weight is 623 g/mol. The number of sulfonamides is 1. The van der Waals surface area contributed by atoms with Gasteiger partial charge in [-0.2, -0.15) is 13.2 Å². The Morgan fingerprint density at radius 1 is 1.00 bits per heavy atom. The molecular weight excluding hydrogens is 593 g/mol. The van der Waals surface area contributed by atoms with Crippen LogP contribution in [0.1, 0.15) is 28.2 Å². The first-order valence-corrected chi connectivity index (χ1v) is 14.3. The molecule has 10 nitrogen and oxygen atoms in total. The fourth-order valence-corrected chi connectivity index (χ4v) is 8.32. The second-order valence-electron chi connectivity index (χ2n) is 10.6. The third-order valence-corrected chi connectivity index (χ3v) is 10.7. The Labute approximate surface area is 245 Å². The summed E-state index contributed by atoms with van der Waals surface area (Å²) in [7, 11) is -0.367. The smallest absolute Gasteiger partial charge is 0.416 e. The minimum Gasteiger partial charge on any atom is -0.496 e. The fourth-order valence-electron chi connectivity index (χ4n) is 6.56. The summed E-state index contributed by atoms with van der Waals surface area (Å²) in [6, 6.07) is 13.9. The number of hydrogen-bond acceptors (Lipinski definition) is 8. The minimum atomic E-state index is -5.09. The normalized spacial score (nSPS) is 28.2. The topological polar surface area (TPSA) is 149 Å². The largest absolute Gasteiger partial charge is 0.496 e. The van der Waals surface area contributed by atoms with Gasteiger partial charge in [0.15, 0.2) is 11.2 Å². The minimum absolute atomic E-state index is 0.156. The second kappa shape index (κ2) is 9.84. The number of aliphatic hydroxyl groups is 2. The van der Waals surface area contributed by atoms with E-state index in [2.05, 4.69) is 0 Å². The summed E-state index contributed by atoms with van der Waals surface area (Å²) in [6.45, 7) is 0. The summed E-state index contributed by atoms with van der Waals surface area (Å²) in [5.74, 6) is -5.22. The predicted molar refractivity (Wildman–Crippen MR) is 147 cm³/mol. The van der Waals surface area contributed by atoms with E-state index in [1.807, 2.05) is 0 Å². The zero-order chi connectivity index (χ0) is 31.8. The van der Waals surface area contributed by atoms with Crippen molar-refractivity contribution in [3.8, 4) is 17.2 Å². The molecule has 1 saturated carbocycles. The van der Waals surface area contributed by atoms with Gasteiger partial charge in [-0.1, -0.05) is 42.5 Å². The number of alkyl halides is 3. The molecule has 0 saturated heterocycles. The first kappa shape index (κ1) is 30.6. The van der Waals surface area contributed by atoms with Crippen LogP contribution in [-0.2, 0) is 32.2 Å². The quantitative estimate of drug-likeness (QED) is 0.364. The molecule has 1 aliphatic carbocycles. The van der Waals surface area contributed by atoms with Gasteiger partial charge in [0.25, 0.3) is 0 Å². The highest BCUT2D eigenvalue weighted by Crippen LogP contribution is 2.74. The van der Waals surface area contributed by atoms with Crippen molar-refractivity contribution in [2.24, 2.45) is 11.7 Å². The molecule has 4 N–H and O–H groups in total. The number of rotatable bonds is 7. The number of hydrogen-bond donors (Lipinski definition) is 3. The first-order chi connectivity index (χ1) is 20.0. The summed E-state index contributed by atoms with van der Waals surface area (Å²) < 4.78 is 87.3. The molecule has 0 radical (unpaired) electrons. The Balaban J connectivity index is 2.03. The van der Waals surface area contributed by atoms with Crippen LogP contribution in [0.3, 0.4) is 0 Å². The Hall–Kier alpha value is -3.85. The molecule has 5 unspecified atom stereocenters. The van der Waals surface area contributed by atoms with E-state index in [4.69, 9.17) is 19.9 Å². The third-order valence-electron chi connectivity index (χ3n) is 8.36. The maximum atomic E-state index is 14.2. The van der Waals surface area contributed by atoms with Gasteiger partial charge in [-0.25, -0.2) is 12.7 Å². The number of methoxy groups -OCH3 is 2. The molecule has 0 bridgehead atoms. The van der Waals surface area contributed by atoms with Gasteiger partial charge in [0.1, 0.15) is 17.2 Å². The van der Waals surface area contributed by atoms with Crippen LogP contribution in [0.25, 0.3) is 0 Å². The van der Waals surface area contributed by atoms with Crippen LogP contribution in [0.2, 0.25) is 0 Å². The molecule has 14 heteroatoms. The molecule has 1 amide bonds. The molecule has 1 aliphatic heterocycles. The molecule has 0 aromatic heterocycles. The lowest BCUT2D eigenvalue weighted by molar-refractivity contribution is -0.171. The average Bonchev–Trinajstić information content (AvgIpc) is 3.34. The molecule has 43 heavy (non-hydrogen) atoms. The van der Waals surface area contributed by atoms with Crippen LogP contribution in [0.4, 0.5) is 13.2 Å². The van der Waals surface area contributed by atoms with Gasteiger partial charge in [0.2, 0.25) is 20.9 Å². The van der Waals surface area contributed by atoms with Crippen molar-refractivity contribution in [1.29, 1.82) is 0 Å². The Morgan fingerprint density at radius 3 is 2.09 bits per heavy atom. The third kappa shape index (κ3) is 3.83. The molecule has 5 rings (SSSR count). The zero-order valence-electron chi connectivity index (χ0n) is 23.4. The molecule has 0 spiro atoms. The van der Waals surface area contributed by atoms with Gasteiger partial charge in [-0.15, -0.1) is 0 Å². The summed E-state index contributed by atoms with van der Waals surface area (Å²) in [5.41, 5.74) is -1.09. The van der Waals surface area contributed by atoms with Crippen LogP contribution >= 0.6 is 0 Å². The molecule has 230 valence electrons. The number of ether oxygens (including phenoxy) is 3. The summed E-state index contributed by atoms with van der Waals surface area (Å²) in [4.78, 5) is 9.93. The van der Waals surface area contributed by atoms with Gasteiger partial charge in [0.05, 0.1) is 31.3 Å². The molecule has 1 fully saturated rings. The highest BCUT2D eigenvalue weighted by molar-refractivity contribution is 7.90.